The van der Waals surface area contributed by atoms with E-state index in [9.17, 15) is 8.42 Å². The van der Waals surface area contributed by atoms with Gasteiger partial charge in [0.15, 0.2) is 5.96 Å². The van der Waals surface area contributed by atoms with Crippen LogP contribution in [0.5, 0.6) is 0 Å². The normalized spacial score (nSPS) is 19.3. The Morgan fingerprint density at radius 2 is 2.00 bits per heavy atom. The maximum atomic E-state index is 12.5. The second-order valence-electron chi connectivity index (χ2n) is 7.35. The van der Waals surface area contributed by atoms with E-state index in [4.69, 9.17) is 0 Å². The van der Waals surface area contributed by atoms with Crippen LogP contribution in [0.2, 0.25) is 0 Å². The number of hydrogen-bond donors (Lipinski definition) is 1. The van der Waals surface area contributed by atoms with Crippen LogP contribution >= 0.6 is 0 Å². The minimum absolute atomic E-state index is 0.0726. The van der Waals surface area contributed by atoms with Crippen LogP contribution in [0.25, 0.3) is 0 Å². The average Bonchev–Trinajstić information content (AvgIpc) is 2.62. The summed E-state index contributed by atoms with van der Waals surface area (Å²) in [4.78, 5) is 7.01. The zero-order valence-corrected chi connectivity index (χ0v) is 17.4. The van der Waals surface area contributed by atoms with Gasteiger partial charge < -0.3 is 10.2 Å². The number of sulfonamides is 1. The van der Waals surface area contributed by atoms with Crippen LogP contribution in [0.15, 0.2) is 34.2 Å². The quantitative estimate of drug-likeness (QED) is 0.630. The number of likely N-dealkylation sites (tertiary alicyclic amines) is 1. The van der Waals surface area contributed by atoms with Crippen molar-refractivity contribution >= 4 is 16.0 Å². The fraction of sp³-hybridized carbons (Fsp3) is 0.632. The molecular formula is C19H32N4O2S. The monoisotopic (exact) mass is 380 g/mol. The Bertz CT molecular complexity index is 714. The highest BCUT2D eigenvalue weighted by Crippen LogP contribution is 2.18. The number of hydrogen-bond acceptors (Lipinski definition) is 3. The summed E-state index contributed by atoms with van der Waals surface area (Å²) in [6.45, 7) is 8.68. The Morgan fingerprint density at radius 1 is 1.35 bits per heavy atom. The molecule has 1 atom stereocenters. The van der Waals surface area contributed by atoms with Gasteiger partial charge in [0.25, 0.3) is 0 Å². The van der Waals surface area contributed by atoms with E-state index in [-0.39, 0.29) is 6.04 Å². The Hall–Kier alpha value is -1.60. The van der Waals surface area contributed by atoms with E-state index in [1.54, 1.807) is 26.2 Å². The largest absolute Gasteiger partial charge is 0.352 e. The highest BCUT2D eigenvalue weighted by atomic mass is 32.2. The average molecular weight is 381 g/mol. The van der Waals surface area contributed by atoms with Gasteiger partial charge in [0, 0.05) is 39.8 Å². The molecule has 0 radical (unpaired) electrons. The van der Waals surface area contributed by atoms with Crippen LogP contribution in [0.4, 0.5) is 0 Å². The highest BCUT2D eigenvalue weighted by Gasteiger charge is 2.23. The Kier molecular flexibility index (Phi) is 7.06. The molecule has 146 valence electrons. The first-order chi connectivity index (χ1) is 12.3. The number of nitrogens with one attached hydrogen (secondary N) is 1. The molecule has 1 aliphatic rings. The summed E-state index contributed by atoms with van der Waals surface area (Å²) in [5.41, 5.74) is 1.03. The van der Waals surface area contributed by atoms with Gasteiger partial charge in [0.05, 0.1) is 4.90 Å². The van der Waals surface area contributed by atoms with Gasteiger partial charge in [0.1, 0.15) is 0 Å². The molecule has 0 aromatic heterocycles. The number of benzene rings is 1. The first kappa shape index (κ1) is 20.7. The van der Waals surface area contributed by atoms with Crippen molar-refractivity contribution in [2.45, 2.75) is 51.1 Å². The minimum atomic E-state index is -3.43. The number of piperidine rings is 1. The lowest BCUT2D eigenvalue weighted by Crippen LogP contribution is -2.45. The molecule has 1 saturated heterocycles. The summed E-state index contributed by atoms with van der Waals surface area (Å²) in [7, 11) is -0.0185. The summed E-state index contributed by atoms with van der Waals surface area (Å²) in [5, 5.41) is 3.39. The molecule has 0 spiro atoms. The number of rotatable bonds is 5. The minimum Gasteiger partial charge on any atom is -0.352 e. The molecule has 0 aliphatic carbocycles. The van der Waals surface area contributed by atoms with Crippen molar-refractivity contribution in [2.24, 2.45) is 10.9 Å². The van der Waals surface area contributed by atoms with Gasteiger partial charge in [-0.15, -0.1) is 0 Å². The molecule has 0 amide bonds. The third kappa shape index (κ3) is 4.98. The van der Waals surface area contributed by atoms with Crippen molar-refractivity contribution in [3.63, 3.8) is 0 Å². The molecule has 1 heterocycles. The van der Waals surface area contributed by atoms with Crippen LogP contribution < -0.4 is 5.32 Å². The molecule has 1 aromatic rings. The van der Waals surface area contributed by atoms with E-state index in [1.807, 2.05) is 26.0 Å². The summed E-state index contributed by atoms with van der Waals surface area (Å²) < 4.78 is 26.4. The SMILES string of the molecule is CN=C(NCc1ccc(S(=O)(=O)N(C)C(C)C)cc1)N1CCCC(C)C1. The van der Waals surface area contributed by atoms with E-state index in [1.165, 1.54) is 17.1 Å². The van der Waals surface area contributed by atoms with Crippen LogP contribution in [0.1, 0.15) is 39.2 Å². The smallest absolute Gasteiger partial charge is 0.243 e. The van der Waals surface area contributed by atoms with Crippen molar-refractivity contribution in [3.8, 4) is 0 Å². The molecule has 0 saturated carbocycles. The molecule has 7 heteroatoms. The van der Waals surface area contributed by atoms with E-state index in [0.717, 1.165) is 24.6 Å². The van der Waals surface area contributed by atoms with Gasteiger partial charge in [-0.3, -0.25) is 4.99 Å². The first-order valence-corrected chi connectivity index (χ1v) is 10.7. The first-order valence-electron chi connectivity index (χ1n) is 9.28. The second kappa shape index (κ2) is 8.86. The second-order valence-corrected chi connectivity index (χ2v) is 9.35. The van der Waals surface area contributed by atoms with E-state index < -0.39 is 10.0 Å². The molecule has 2 rings (SSSR count). The maximum absolute atomic E-state index is 12.5. The van der Waals surface area contributed by atoms with Crippen molar-refractivity contribution < 1.29 is 8.42 Å². The predicted molar refractivity (Wildman–Crippen MR) is 107 cm³/mol. The number of nitrogens with zero attached hydrogens (tertiary/aromatic N) is 3. The predicted octanol–water partition coefficient (Wildman–Crippen LogP) is 2.52. The molecular weight excluding hydrogens is 348 g/mol. The zero-order chi connectivity index (χ0) is 19.3. The molecule has 1 N–H and O–H groups in total. The number of guanidine groups is 1. The molecule has 26 heavy (non-hydrogen) atoms. The van der Waals surface area contributed by atoms with Crippen LogP contribution in [-0.4, -0.2) is 56.8 Å². The van der Waals surface area contributed by atoms with Gasteiger partial charge in [-0.05, 0) is 50.3 Å². The zero-order valence-electron chi connectivity index (χ0n) is 16.6. The molecule has 0 bridgehead atoms. The van der Waals surface area contributed by atoms with Crippen molar-refractivity contribution in [2.75, 3.05) is 27.2 Å². The van der Waals surface area contributed by atoms with Gasteiger partial charge in [0.2, 0.25) is 10.0 Å². The van der Waals surface area contributed by atoms with E-state index >= 15 is 0 Å². The Balaban J connectivity index is 2.01. The molecule has 1 fully saturated rings. The number of aliphatic imine (C=N–C) groups is 1. The summed E-state index contributed by atoms with van der Waals surface area (Å²) in [6.07, 6.45) is 2.46. The third-order valence-electron chi connectivity index (χ3n) is 4.95. The van der Waals surface area contributed by atoms with Gasteiger partial charge in [-0.1, -0.05) is 19.1 Å². The van der Waals surface area contributed by atoms with Gasteiger partial charge in [-0.25, -0.2) is 8.42 Å². The molecule has 1 aliphatic heterocycles. The summed E-state index contributed by atoms with van der Waals surface area (Å²) >= 11 is 0. The lowest BCUT2D eigenvalue weighted by molar-refractivity contribution is 0.266. The molecule has 1 aromatic carbocycles. The van der Waals surface area contributed by atoms with E-state index in [2.05, 4.69) is 22.1 Å². The highest BCUT2D eigenvalue weighted by molar-refractivity contribution is 7.89. The lowest BCUT2D eigenvalue weighted by atomic mass is 10.0. The maximum Gasteiger partial charge on any atom is 0.243 e. The topological polar surface area (TPSA) is 65.0 Å². The molecule has 1 unspecified atom stereocenters. The van der Waals surface area contributed by atoms with Gasteiger partial charge in [-0.2, -0.15) is 4.31 Å². The van der Waals surface area contributed by atoms with Crippen molar-refractivity contribution in [1.82, 2.24) is 14.5 Å². The standard InChI is InChI=1S/C19H32N4O2S/c1-15(2)22(5)26(24,25)18-10-8-17(9-11-18)13-21-19(20-4)23-12-6-7-16(3)14-23/h8-11,15-16H,6-7,12-14H2,1-5H3,(H,20,21). The molecule has 6 nitrogen and oxygen atoms in total. The van der Waals surface area contributed by atoms with Crippen LogP contribution in [0.3, 0.4) is 0 Å². The van der Waals surface area contributed by atoms with Crippen molar-refractivity contribution in [1.29, 1.82) is 0 Å². The van der Waals surface area contributed by atoms with E-state index in [0.29, 0.717) is 17.4 Å². The fourth-order valence-electron chi connectivity index (χ4n) is 3.12. The summed E-state index contributed by atoms with van der Waals surface area (Å²) in [5.74, 6) is 1.59. The van der Waals surface area contributed by atoms with Crippen LogP contribution in [0, 0.1) is 5.92 Å². The van der Waals surface area contributed by atoms with Crippen molar-refractivity contribution in [3.05, 3.63) is 29.8 Å². The van der Waals surface area contributed by atoms with Crippen LogP contribution in [-0.2, 0) is 16.6 Å². The Morgan fingerprint density at radius 3 is 2.54 bits per heavy atom. The summed E-state index contributed by atoms with van der Waals surface area (Å²) in [6, 6.07) is 7.01. The Labute approximate surface area is 158 Å². The fourth-order valence-corrected chi connectivity index (χ4v) is 4.49. The third-order valence-corrected chi connectivity index (χ3v) is 6.99. The lowest BCUT2D eigenvalue weighted by Gasteiger charge is -2.33. The van der Waals surface area contributed by atoms with Gasteiger partial charge >= 0.3 is 0 Å².